The third-order valence-corrected chi connectivity index (χ3v) is 3.45. The fourth-order valence-corrected chi connectivity index (χ4v) is 2.47. The highest BCUT2D eigenvalue weighted by atomic mass is 19.1. The lowest BCUT2D eigenvalue weighted by molar-refractivity contribution is 0.198. The molecule has 2 rings (SSSR count). The summed E-state index contributed by atoms with van der Waals surface area (Å²) >= 11 is 0. The second-order valence-corrected chi connectivity index (χ2v) is 5.65. The molecule has 106 valence electrons. The van der Waals surface area contributed by atoms with Crippen molar-refractivity contribution < 1.29 is 9.50 Å². The molecule has 19 heavy (non-hydrogen) atoms. The van der Waals surface area contributed by atoms with E-state index < -0.39 is 0 Å². The van der Waals surface area contributed by atoms with Crippen molar-refractivity contribution in [3.05, 3.63) is 29.6 Å². The zero-order valence-electron chi connectivity index (χ0n) is 11.7. The molecule has 1 aromatic rings. The number of halogens is 1. The van der Waals surface area contributed by atoms with Crippen LogP contribution in [0.4, 0.5) is 10.1 Å². The van der Waals surface area contributed by atoms with Crippen molar-refractivity contribution in [2.24, 2.45) is 5.92 Å². The van der Waals surface area contributed by atoms with Crippen molar-refractivity contribution in [1.29, 1.82) is 0 Å². The van der Waals surface area contributed by atoms with Crippen LogP contribution in [0, 0.1) is 11.7 Å². The summed E-state index contributed by atoms with van der Waals surface area (Å²) in [4.78, 5) is 2.07. The van der Waals surface area contributed by atoms with Gasteiger partial charge >= 0.3 is 0 Å². The summed E-state index contributed by atoms with van der Waals surface area (Å²) in [5.41, 5.74) is 1.62. The summed E-state index contributed by atoms with van der Waals surface area (Å²) in [7, 11) is 0. The summed E-state index contributed by atoms with van der Waals surface area (Å²) in [5, 5.41) is 12.9. The van der Waals surface area contributed by atoms with Crippen LogP contribution in [0.1, 0.15) is 25.8 Å². The molecule has 0 spiro atoms. The van der Waals surface area contributed by atoms with Crippen LogP contribution in [-0.2, 0) is 6.54 Å². The average molecular weight is 266 g/mol. The fraction of sp³-hybridized carbons (Fsp3) is 0.600. The molecule has 0 saturated carbocycles. The molecule has 1 saturated heterocycles. The van der Waals surface area contributed by atoms with Gasteiger partial charge in [0.25, 0.3) is 0 Å². The Labute approximate surface area is 114 Å². The lowest BCUT2D eigenvalue weighted by atomic mass is 10.1. The summed E-state index contributed by atoms with van der Waals surface area (Å²) < 4.78 is 14.0. The molecule has 1 unspecified atom stereocenters. The highest BCUT2D eigenvalue weighted by molar-refractivity contribution is 5.55. The number of hydrogen-bond acceptors (Lipinski definition) is 3. The van der Waals surface area contributed by atoms with E-state index in [0.717, 1.165) is 25.2 Å². The molecule has 2 N–H and O–H groups in total. The van der Waals surface area contributed by atoms with E-state index in [9.17, 15) is 9.50 Å². The molecule has 4 heteroatoms. The number of benzene rings is 1. The summed E-state index contributed by atoms with van der Waals surface area (Å²) in [5.74, 6) is 0.374. The highest BCUT2D eigenvalue weighted by Crippen LogP contribution is 2.26. The Balaban J connectivity index is 2.11. The van der Waals surface area contributed by atoms with Crippen molar-refractivity contribution >= 4 is 5.69 Å². The molecule has 0 aromatic heterocycles. The third-order valence-electron chi connectivity index (χ3n) is 3.45. The summed E-state index contributed by atoms with van der Waals surface area (Å²) in [6.07, 6.45) is 0.467. The largest absolute Gasteiger partial charge is 0.391 e. The van der Waals surface area contributed by atoms with Gasteiger partial charge in [-0.05, 0) is 31.0 Å². The number of nitrogens with zero attached hydrogens (tertiary/aromatic N) is 1. The van der Waals surface area contributed by atoms with E-state index in [1.165, 1.54) is 6.07 Å². The number of nitrogens with one attached hydrogen (secondary N) is 1. The minimum Gasteiger partial charge on any atom is -0.391 e. The number of β-amino-alcohol motifs (C(OH)–C–C–N with tert-alkyl or cyclic N) is 1. The van der Waals surface area contributed by atoms with Crippen LogP contribution in [0.25, 0.3) is 0 Å². The van der Waals surface area contributed by atoms with Crippen LogP contribution >= 0.6 is 0 Å². The first-order valence-electron chi connectivity index (χ1n) is 6.99. The van der Waals surface area contributed by atoms with Crippen molar-refractivity contribution in [3.8, 4) is 0 Å². The van der Waals surface area contributed by atoms with Crippen LogP contribution in [0.3, 0.4) is 0 Å². The van der Waals surface area contributed by atoms with Gasteiger partial charge in [-0.3, -0.25) is 0 Å². The molecule has 0 radical (unpaired) electrons. The van der Waals surface area contributed by atoms with E-state index in [-0.39, 0.29) is 11.9 Å². The van der Waals surface area contributed by atoms with Gasteiger partial charge in [0.1, 0.15) is 5.82 Å². The number of aliphatic hydroxyl groups excluding tert-OH is 1. The van der Waals surface area contributed by atoms with Gasteiger partial charge in [-0.25, -0.2) is 4.39 Å². The minimum atomic E-state index is -0.292. The number of aliphatic hydroxyl groups is 1. The lowest BCUT2D eigenvalue weighted by Gasteiger charge is -2.22. The highest BCUT2D eigenvalue weighted by Gasteiger charge is 2.23. The predicted octanol–water partition coefficient (Wildman–Crippen LogP) is 2.14. The van der Waals surface area contributed by atoms with Gasteiger partial charge in [0, 0.05) is 30.9 Å². The Morgan fingerprint density at radius 3 is 2.89 bits per heavy atom. The van der Waals surface area contributed by atoms with Gasteiger partial charge in [0.05, 0.1) is 6.10 Å². The smallest absolute Gasteiger partial charge is 0.129 e. The molecular formula is C15H23FN2O. The third kappa shape index (κ3) is 3.67. The van der Waals surface area contributed by atoms with Crippen molar-refractivity contribution in [2.75, 3.05) is 24.5 Å². The Morgan fingerprint density at radius 1 is 1.47 bits per heavy atom. The second-order valence-electron chi connectivity index (χ2n) is 5.65. The van der Waals surface area contributed by atoms with E-state index in [0.29, 0.717) is 24.6 Å². The maximum Gasteiger partial charge on any atom is 0.129 e. The predicted molar refractivity (Wildman–Crippen MR) is 75.8 cm³/mol. The first-order valence-corrected chi connectivity index (χ1v) is 6.99. The van der Waals surface area contributed by atoms with E-state index in [1.54, 1.807) is 6.07 Å². The van der Waals surface area contributed by atoms with Crippen molar-refractivity contribution in [1.82, 2.24) is 5.32 Å². The van der Waals surface area contributed by atoms with E-state index in [4.69, 9.17) is 0 Å². The normalized spacial score (nSPS) is 19.4. The number of hydrogen-bond donors (Lipinski definition) is 2. The van der Waals surface area contributed by atoms with Crippen LogP contribution in [0.15, 0.2) is 18.2 Å². The summed E-state index contributed by atoms with van der Waals surface area (Å²) in [6.45, 7) is 7.06. The van der Waals surface area contributed by atoms with Gasteiger partial charge < -0.3 is 15.3 Å². The quantitative estimate of drug-likeness (QED) is 0.857. The number of anilines is 1. The Hall–Kier alpha value is -1.13. The average Bonchev–Trinajstić information content (AvgIpc) is 2.77. The molecule has 3 nitrogen and oxygen atoms in total. The Bertz CT molecular complexity index is 423. The molecule has 1 aliphatic rings. The first kappa shape index (κ1) is 14.3. The summed E-state index contributed by atoms with van der Waals surface area (Å²) in [6, 6.07) is 5.18. The zero-order valence-corrected chi connectivity index (χ0v) is 11.7. The first-order chi connectivity index (χ1) is 9.08. The van der Waals surface area contributed by atoms with Crippen molar-refractivity contribution in [2.45, 2.75) is 32.9 Å². The fourth-order valence-electron chi connectivity index (χ4n) is 2.47. The van der Waals surface area contributed by atoms with Crippen LogP contribution in [0.5, 0.6) is 0 Å². The van der Waals surface area contributed by atoms with Crippen molar-refractivity contribution in [3.63, 3.8) is 0 Å². The topological polar surface area (TPSA) is 35.5 Å². The van der Waals surface area contributed by atoms with E-state index in [2.05, 4.69) is 24.1 Å². The molecule has 1 fully saturated rings. The minimum absolute atomic E-state index is 0.171. The Morgan fingerprint density at radius 2 is 2.26 bits per heavy atom. The van der Waals surface area contributed by atoms with E-state index >= 15 is 0 Å². The maximum absolute atomic E-state index is 14.0. The Kier molecular flexibility index (Phi) is 4.77. The molecule has 1 heterocycles. The molecule has 1 atom stereocenters. The molecule has 1 aliphatic heterocycles. The maximum atomic E-state index is 14.0. The van der Waals surface area contributed by atoms with Crippen LogP contribution in [0.2, 0.25) is 0 Å². The molecule has 1 aromatic carbocycles. The van der Waals surface area contributed by atoms with Gasteiger partial charge in [-0.15, -0.1) is 0 Å². The van der Waals surface area contributed by atoms with Gasteiger partial charge in [0.2, 0.25) is 0 Å². The monoisotopic (exact) mass is 266 g/mol. The SMILES string of the molecule is CC(C)CNCc1c(F)cccc1N1CCC(O)C1. The molecule has 0 bridgehead atoms. The van der Waals surface area contributed by atoms with E-state index in [1.807, 2.05) is 6.07 Å². The molecule has 0 aliphatic carbocycles. The van der Waals surface area contributed by atoms with Gasteiger partial charge in [0.15, 0.2) is 0 Å². The second kappa shape index (κ2) is 6.35. The van der Waals surface area contributed by atoms with Gasteiger partial charge in [-0.2, -0.15) is 0 Å². The lowest BCUT2D eigenvalue weighted by Crippen LogP contribution is -2.25. The standard InChI is InChI=1S/C15H23FN2O/c1-11(2)8-17-9-13-14(16)4-3-5-15(13)18-7-6-12(19)10-18/h3-5,11-12,17,19H,6-10H2,1-2H3. The number of rotatable bonds is 5. The van der Waals surface area contributed by atoms with Crippen LogP contribution < -0.4 is 10.2 Å². The molecule has 0 amide bonds. The molecular weight excluding hydrogens is 243 g/mol. The zero-order chi connectivity index (χ0) is 13.8. The van der Waals surface area contributed by atoms with Crippen LogP contribution in [-0.4, -0.2) is 30.8 Å². The van der Waals surface area contributed by atoms with Gasteiger partial charge in [-0.1, -0.05) is 19.9 Å².